The molecule has 0 atom stereocenters. The van der Waals surface area contributed by atoms with E-state index in [4.69, 9.17) is 14.7 Å². The highest BCUT2D eigenvalue weighted by atomic mass is 16.5. The molecule has 1 aromatic rings. The zero-order valence-electron chi connectivity index (χ0n) is 12.5. The quantitative estimate of drug-likeness (QED) is 0.616. The van der Waals surface area contributed by atoms with Crippen molar-refractivity contribution in [1.29, 1.82) is 5.26 Å². The highest BCUT2D eigenvalue weighted by molar-refractivity contribution is 5.42. The van der Waals surface area contributed by atoms with Crippen molar-refractivity contribution in [3.05, 3.63) is 29.8 Å². The molecule has 0 radical (unpaired) electrons. The van der Waals surface area contributed by atoms with E-state index in [9.17, 15) is 0 Å². The molecule has 0 aromatic heterocycles. The van der Waals surface area contributed by atoms with Gasteiger partial charge in [-0.25, -0.2) is 0 Å². The molecule has 0 aliphatic carbocycles. The SMILES string of the molecule is CCOCCN(CC)CCCOc1ccccc1C#N. The average Bonchev–Trinajstić information content (AvgIpc) is 2.50. The molecule has 0 spiro atoms. The summed E-state index contributed by atoms with van der Waals surface area (Å²) in [7, 11) is 0. The number of rotatable bonds is 10. The van der Waals surface area contributed by atoms with Crippen molar-refractivity contribution in [1.82, 2.24) is 4.90 Å². The molecule has 4 nitrogen and oxygen atoms in total. The van der Waals surface area contributed by atoms with E-state index >= 15 is 0 Å². The second kappa shape index (κ2) is 10.2. The van der Waals surface area contributed by atoms with E-state index in [2.05, 4.69) is 17.9 Å². The van der Waals surface area contributed by atoms with E-state index in [0.717, 1.165) is 39.3 Å². The first-order valence-electron chi connectivity index (χ1n) is 7.23. The van der Waals surface area contributed by atoms with Gasteiger partial charge >= 0.3 is 0 Å². The van der Waals surface area contributed by atoms with E-state index in [0.29, 0.717) is 17.9 Å². The Morgan fingerprint density at radius 3 is 2.65 bits per heavy atom. The highest BCUT2D eigenvalue weighted by Crippen LogP contribution is 2.16. The molecule has 0 amide bonds. The van der Waals surface area contributed by atoms with E-state index in [-0.39, 0.29) is 0 Å². The second-order valence-electron chi connectivity index (χ2n) is 4.44. The van der Waals surface area contributed by atoms with Gasteiger partial charge < -0.3 is 14.4 Å². The molecule has 20 heavy (non-hydrogen) atoms. The van der Waals surface area contributed by atoms with Gasteiger partial charge in [0, 0.05) is 19.7 Å². The summed E-state index contributed by atoms with van der Waals surface area (Å²) < 4.78 is 11.0. The predicted octanol–water partition coefficient (Wildman–Crippen LogP) is 2.69. The average molecular weight is 276 g/mol. The van der Waals surface area contributed by atoms with Crippen LogP contribution in [0.1, 0.15) is 25.8 Å². The summed E-state index contributed by atoms with van der Waals surface area (Å²) in [6, 6.07) is 9.48. The fraction of sp³-hybridized carbons (Fsp3) is 0.562. The molecular formula is C16H24N2O2. The molecular weight excluding hydrogens is 252 g/mol. The van der Waals surface area contributed by atoms with Crippen LogP contribution < -0.4 is 4.74 Å². The number of para-hydroxylation sites is 1. The number of nitrogens with zero attached hydrogens (tertiary/aromatic N) is 2. The Morgan fingerprint density at radius 1 is 1.15 bits per heavy atom. The first-order valence-corrected chi connectivity index (χ1v) is 7.23. The van der Waals surface area contributed by atoms with Crippen LogP contribution in [0.3, 0.4) is 0 Å². The van der Waals surface area contributed by atoms with Crippen LogP contribution in [0.25, 0.3) is 0 Å². The minimum atomic E-state index is 0.594. The summed E-state index contributed by atoms with van der Waals surface area (Å²) in [5, 5.41) is 8.97. The summed E-state index contributed by atoms with van der Waals surface area (Å²) >= 11 is 0. The van der Waals surface area contributed by atoms with Gasteiger partial charge in [-0.15, -0.1) is 0 Å². The smallest absolute Gasteiger partial charge is 0.137 e. The Balaban J connectivity index is 2.25. The van der Waals surface area contributed by atoms with Crippen LogP contribution in [0.5, 0.6) is 5.75 Å². The number of hydrogen-bond donors (Lipinski definition) is 0. The highest BCUT2D eigenvalue weighted by Gasteiger charge is 2.04. The van der Waals surface area contributed by atoms with Gasteiger partial charge in [0.05, 0.1) is 18.8 Å². The number of likely N-dealkylation sites (N-methyl/N-ethyl adjacent to an activating group) is 1. The normalized spacial score (nSPS) is 10.5. The number of hydrogen-bond acceptors (Lipinski definition) is 4. The third-order valence-corrected chi connectivity index (χ3v) is 3.09. The zero-order chi connectivity index (χ0) is 14.6. The third-order valence-electron chi connectivity index (χ3n) is 3.09. The molecule has 0 unspecified atom stereocenters. The van der Waals surface area contributed by atoms with Gasteiger partial charge in [-0.2, -0.15) is 5.26 Å². The van der Waals surface area contributed by atoms with Gasteiger partial charge in [0.15, 0.2) is 0 Å². The van der Waals surface area contributed by atoms with Crippen LogP contribution in [0.2, 0.25) is 0 Å². The van der Waals surface area contributed by atoms with Crippen LogP contribution in [-0.4, -0.2) is 44.4 Å². The van der Waals surface area contributed by atoms with Gasteiger partial charge in [0.2, 0.25) is 0 Å². The largest absolute Gasteiger partial charge is 0.492 e. The van der Waals surface area contributed by atoms with Crippen molar-refractivity contribution < 1.29 is 9.47 Å². The van der Waals surface area contributed by atoms with Crippen molar-refractivity contribution >= 4 is 0 Å². The van der Waals surface area contributed by atoms with Crippen LogP contribution in [0.4, 0.5) is 0 Å². The van der Waals surface area contributed by atoms with Crippen LogP contribution in [0, 0.1) is 11.3 Å². The lowest BCUT2D eigenvalue weighted by Crippen LogP contribution is -2.29. The molecule has 0 N–H and O–H groups in total. The number of nitriles is 1. The van der Waals surface area contributed by atoms with Crippen molar-refractivity contribution in [3.63, 3.8) is 0 Å². The maximum absolute atomic E-state index is 8.97. The molecule has 0 bridgehead atoms. The van der Waals surface area contributed by atoms with Gasteiger partial charge in [0.1, 0.15) is 11.8 Å². The molecule has 4 heteroatoms. The van der Waals surface area contributed by atoms with E-state index in [1.807, 2.05) is 25.1 Å². The second-order valence-corrected chi connectivity index (χ2v) is 4.44. The van der Waals surface area contributed by atoms with Crippen molar-refractivity contribution in [2.24, 2.45) is 0 Å². The standard InChI is InChI=1S/C16H24N2O2/c1-3-18(11-13-19-4-2)10-7-12-20-16-9-6-5-8-15(16)14-17/h5-6,8-9H,3-4,7,10-13H2,1-2H3. The fourth-order valence-electron chi connectivity index (χ4n) is 1.92. The Hall–Kier alpha value is -1.57. The minimum absolute atomic E-state index is 0.594. The van der Waals surface area contributed by atoms with E-state index in [1.165, 1.54) is 0 Å². The Bertz CT molecular complexity index is 415. The topological polar surface area (TPSA) is 45.5 Å². The fourth-order valence-corrected chi connectivity index (χ4v) is 1.92. The van der Waals surface area contributed by atoms with E-state index < -0.39 is 0 Å². The molecule has 110 valence electrons. The molecule has 0 saturated heterocycles. The van der Waals surface area contributed by atoms with Crippen LogP contribution in [-0.2, 0) is 4.74 Å². The van der Waals surface area contributed by atoms with Crippen molar-refractivity contribution in [2.75, 3.05) is 39.5 Å². The van der Waals surface area contributed by atoms with Crippen LogP contribution in [0.15, 0.2) is 24.3 Å². The van der Waals surface area contributed by atoms with Crippen molar-refractivity contribution in [3.8, 4) is 11.8 Å². The molecule has 0 aliphatic rings. The van der Waals surface area contributed by atoms with E-state index in [1.54, 1.807) is 6.07 Å². The van der Waals surface area contributed by atoms with Crippen LogP contribution >= 0.6 is 0 Å². The maximum Gasteiger partial charge on any atom is 0.137 e. The first kappa shape index (κ1) is 16.5. The molecule has 1 aromatic carbocycles. The minimum Gasteiger partial charge on any atom is -0.492 e. The Morgan fingerprint density at radius 2 is 1.95 bits per heavy atom. The first-order chi connectivity index (χ1) is 9.81. The Kier molecular flexibility index (Phi) is 8.44. The van der Waals surface area contributed by atoms with Gasteiger partial charge in [-0.05, 0) is 32.0 Å². The predicted molar refractivity (Wildman–Crippen MR) is 79.9 cm³/mol. The lowest BCUT2D eigenvalue weighted by molar-refractivity contribution is 0.112. The lowest BCUT2D eigenvalue weighted by atomic mass is 10.2. The molecule has 0 fully saturated rings. The summed E-state index contributed by atoms with van der Waals surface area (Å²) in [5.41, 5.74) is 0.594. The Labute approximate surface area is 121 Å². The number of ether oxygens (including phenoxy) is 2. The summed E-state index contributed by atoms with van der Waals surface area (Å²) in [5.74, 6) is 0.673. The maximum atomic E-state index is 8.97. The molecule has 0 saturated carbocycles. The van der Waals surface area contributed by atoms with Gasteiger partial charge in [-0.3, -0.25) is 0 Å². The number of benzene rings is 1. The van der Waals surface area contributed by atoms with Gasteiger partial charge in [0.25, 0.3) is 0 Å². The van der Waals surface area contributed by atoms with Gasteiger partial charge in [-0.1, -0.05) is 19.1 Å². The molecule has 0 heterocycles. The monoisotopic (exact) mass is 276 g/mol. The summed E-state index contributed by atoms with van der Waals surface area (Å²) in [6.45, 7) is 9.30. The summed E-state index contributed by atoms with van der Waals surface area (Å²) in [4.78, 5) is 2.34. The third kappa shape index (κ3) is 6.05. The zero-order valence-corrected chi connectivity index (χ0v) is 12.5. The lowest BCUT2D eigenvalue weighted by Gasteiger charge is -2.20. The molecule has 1 rings (SSSR count). The molecule has 0 aliphatic heterocycles. The summed E-state index contributed by atoms with van der Waals surface area (Å²) in [6.07, 6.45) is 0.944. The van der Waals surface area contributed by atoms with Crippen molar-refractivity contribution in [2.45, 2.75) is 20.3 Å².